The molecule has 1 aromatic rings. The van der Waals surface area contributed by atoms with Crippen molar-refractivity contribution in [3.05, 3.63) is 24.0 Å². The largest absolute Gasteiger partial charge is 0.292 e. The van der Waals surface area contributed by atoms with E-state index in [0.29, 0.717) is 17.4 Å². The second-order valence-electron chi connectivity index (χ2n) is 3.32. The first-order valence-corrected chi connectivity index (χ1v) is 5.67. The highest BCUT2D eigenvalue weighted by Gasteiger charge is 2.04. The Morgan fingerprint density at radius 1 is 1.50 bits per heavy atom. The highest BCUT2D eigenvalue weighted by Crippen LogP contribution is 2.21. The number of rotatable bonds is 4. The minimum absolute atomic E-state index is 0.103. The predicted molar refractivity (Wildman–Crippen MR) is 59.9 cm³/mol. The van der Waals surface area contributed by atoms with Crippen LogP contribution in [-0.4, -0.2) is 16.0 Å². The zero-order valence-electron chi connectivity index (χ0n) is 8.78. The third-order valence-corrected chi connectivity index (χ3v) is 2.70. The summed E-state index contributed by atoms with van der Waals surface area (Å²) in [6.45, 7) is 6.12. The van der Waals surface area contributed by atoms with E-state index in [0.717, 1.165) is 4.90 Å². The summed E-state index contributed by atoms with van der Waals surface area (Å²) in [5.74, 6) is 0.103. The molecule has 2 nitrogen and oxygen atoms in total. The third kappa shape index (κ3) is 3.14. The van der Waals surface area contributed by atoms with Gasteiger partial charge in [-0.1, -0.05) is 20.8 Å². The first-order chi connectivity index (χ1) is 6.63. The topological polar surface area (TPSA) is 30.0 Å². The molecule has 1 rings (SSSR count). The molecule has 0 aliphatic rings. The quantitative estimate of drug-likeness (QED) is 0.563. The van der Waals surface area contributed by atoms with Gasteiger partial charge in [-0.15, -0.1) is 11.8 Å². The van der Waals surface area contributed by atoms with Crippen molar-refractivity contribution in [1.29, 1.82) is 0 Å². The Bertz CT molecular complexity index is 306. The van der Waals surface area contributed by atoms with Gasteiger partial charge in [-0.3, -0.25) is 9.78 Å². The standard InChI is InChI=1S/C11H15NOS/c1-4-11(13)10-6-5-9(7-12-10)14-8(2)3/h5-8H,4H2,1-3H3. The van der Waals surface area contributed by atoms with E-state index in [2.05, 4.69) is 18.8 Å². The average Bonchev–Trinajstić information content (AvgIpc) is 2.17. The van der Waals surface area contributed by atoms with Crippen molar-refractivity contribution < 1.29 is 4.79 Å². The van der Waals surface area contributed by atoms with Crippen LogP contribution in [0.25, 0.3) is 0 Å². The zero-order chi connectivity index (χ0) is 10.6. The molecule has 0 N–H and O–H groups in total. The zero-order valence-corrected chi connectivity index (χ0v) is 9.60. The van der Waals surface area contributed by atoms with Crippen molar-refractivity contribution in [2.75, 3.05) is 0 Å². The van der Waals surface area contributed by atoms with Crippen molar-refractivity contribution in [3.8, 4) is 0 Å². The van der Waals surface area contributed by atoms with E-state index >= 15 is 0 Å². The summed E-state index contributed by atoms with van der Waals surface area (Å²) < 4.78 is 0. The molecule has 3 heteroatoms. The van der Waals surface area contributed by atoms with Crippen LogP contribution in [0.4, 0.5) is 0 Å². The van der Waals surface area contributed by atoms with Crippen LogP contribution in [0.2, 0.25) is 0 Å². The number of hydrogen-bond acceptors (Lipinski definition) is 3. The Morgan fingerprint density at radius 3 is 2.64 bits per heavy atom. The van der Waals surface area contributed by atoms with Gasteiger partial charge in [0.25, 0.3) is 0 Å². The van der Waals surface area contributed by atoms with Gasteiger partial charge < -0.3 is 0 Å². The molecule has 0 radical (unpaired) electrons. The number of Topliss-reactive ketones (excluding diaryl/α,β-unsaturated/α-hetero) is 1. The smallest absolute Gasteiger partial charge is 0.180 e. The Balaban J connectivity index is 2.73. The van der Waals surface area contributed by atoms with Crippen molar-refractivity contribution in [1.82, 2.24) is 4.98 Å². The Kier molecular flexibility index (Phi) is 4.14. The van der Waals surface area contributed by atoms with E-state index in [1.807, 2.05) is 13.0 Å². The molecule has 76 valence electrons. The lowest BCUT2D eigenvalue weighted by Crippen LogP contribution is -1.99. The van der Waals surface area contributed by atoms with Crippen molar-refractivity contribution >= 4 is 17.5 Å². The molecule has 0 saturated carbocycles. The van der Waals surface area contributed by atoms with Gasteiger partial charge in [-0.2, -0.15) is 0 Å². The minimum atomic E-state index is 0.103. The molecule has 0 aromatic carbocycles. The van der Waals surface area contributed by atoms with E-state index in [-0.39, 0.29) is 5.78 Å². The van der Waals surface area contributed by atoms with Gasteiger partial charge in [0.1, 0.15) is 5.69 Å². The summed E-state index contributed by atoms with van der Waals surface area (Å²) in [6, 6.07) is 3.76. The number of pyridine rings is 1. The van der Waals surface area contributed by atoms with E-state index in [1.54, 1.807) is 24.0 Å². The van der Waals surface area contributed by atoms with Crippen molar-refractivity contribution in [2.45, 2.75) is 37.3 Å². The number of hydrogen-bond donors (Lipinski definition) is 0. The molecule has 0 amide bonds. The molecule has 0 saturated heterocycles. The third-order valence-electron chi connectivity index (χ3n) is 1.71. The molecule has 0 atom stereocenters. The highest BCUT2D eigenvalue weighted by atomic mass is 32.2. The van der Waals surface area contributed by atoms with Gasteiger partial charge in [0.05, 0.1) is 0 Å². The van der Waals surface area contributed by atoms with Crippen LogP contribution in [0, 0.1) is 0 Å². The number of thioether (sulfide) groups is 1. The summed E-state index contributed by atoms with van der Waals surface area (Å²) >= 11 is 1.75. The summed E-state index contributed by atoms with van der Waals surface area (Å²) in [4.78, 5) is 16.5. The lowest BCUT2D eigenvalue weighted by Gasteiger charge is -2.04. The molecule has 0 aliphatic carbocycles. The predicted octanol–water partition coefficient (Wildman–Crippen LogP) is 3.17. The summed E-state index contributed by atoms with van der Waals surface area (Å²) in [7, 11) is 0. The van der Waals surface area contributed by atoms with E-state index < -0.39 is 0 Å². The fraction of sp³-hybridized carbons (Fsp3) is 0.455. The number of aromatic nitrogens is 1. The Hall–Kier alpha value is -0.830. The van der Waals surface area contributed by atoms with Crippen LogP contribution in [0.15, 0.2) is 23.2 Å². The van der Waals surface area contributed by atoms with Crippen LogP contribution in [0.1, 0.15) is 37.7 Å². The minimum Gasteiger partial charge on any atom is -0.292 e. The number of ketones is 1. The first kappa shape index (κ1) is 11.2. The van der Waals surface area contributed by atoms with E-state index in [1.165, 1.54) is 0 Å². The van der Waals surface area contributed by atoms with Crippen LogP contribution in [0.3, 0.4) is 0 Å². The molecule has 14 heavy (non-hydrogen) atoms. The number of carbonyl (C=O) groups excluding carboxylic acids is 1. The van der Waals surface area contributed by atoms with Crippen LogP contribution in [-0.2, 0) is 0 Å². The second kappa shape index (κ2) is 5.15. The SMILES string of the molecule is CCC(=O)c1ccc(SC(C)C)cn1. The monoisotopic (exact) mass is 209 g/mol. The molecule has 1 aromatic heterocycles. The highest BCUT2D eigenvalue weighted by molar-refractivity contribution is 7.99. The van der Waals surface area contributed by atoms with Gasteiger partial charge in [0.2, 0.25) is 0 Å². The summed E-state index contributed by atoms with van der Waals surface area (Å²) in [5, 5.41) is 0.546. The van der Waals surface area contributed by atoms with Gasteiger partial charge in [-0.05, 0) is 12.1 Å². The summed E-state index contributed by atoms with van der Waals surface area (Å²) in [5.41, 5.74) is 0.570. The lowest BCUT2D eigenvalue weighted by atomic mass is 10.2. The number of carbonyl (C=O) groups is 1. The van der Waals surface area contributed by atoms with E-state index in [4.69, 9.17) is 0 Å². The lowest BCUT2D eigenvalue weighted by molar-refractivity contribution is 0.0983. The van der Waals surface area contributed by atoms with Crippen LogP contribution in [0.5, 0.6) is 0 Å². The normalized spacial score (nSPS) is 10.6. The fourth-order valence-corrected chi connectivity index (χ4v) is 1.87. The molecule has 0 unspecified atom stereocenters. The molecule has 1 heterocycles. The molecular weight excluding hydrogens is 194 g/mol. The second-order valence-corrected chi connectivity index (χ2v) is 4.97. The summed E-state index contributed by atoms with van der Waals surface area (Å²) in [6.07, 6.45) is 2.29. The van der Waals surface area contributed by atoms with Crippen LogP contribution >= 0.6 is 11.8 Å². The molecule has 0 fully saturated rings. The van der Waals surface area contributed by atoms with Gasteiger partial charge in [0, 0.05) is 22.8 Å². The molecule has 0 spiro atoms. The maximum atomic E-state index is 11.3. The molecule has 0 aliphatic heterocycles. The van der Waals surface area contributed by atoms with Gasteiger partial charge in [-0.25, -0.2) is 0 Å². The van der Waals surface area contributed by atoms with Gasteiger partial charge >= 0.3 is 0 Å². The van der Waals surface area contributed by atoms with Gasteiger partial charge in [0.15, 0.2) is 5.78 Å². The van der Waals surface area contributed by atoms with E-state index in [9.17, 15) is 4.79 Å². The van der Waals surface area contributed by atoms with Crippen molar-refractivity contribution in [3.63, 3.8) is 0 Å². The van der Waals surface area contributed by atoms with Crippen molar-refractivity contribution in [2.24, 2.45) is 0 Å². The Morgan fingerprint density at radius 2 is 2.21 bits per heavy atom. The Labute approximate surface area is 89.1 Å². The molecule has 0 bridgehead atoms. The van der Waals surface area contributed by atoms with Crippen LogP contribution < -0.4 is 0 Å². The first-order valence-electron chi connectivity index (χ1n) is 4.79. The maximum absolute atomic E-state index is 11.3. The fourth-order valence-electron chi connectivity index (χ4n) is 1.07. The molecular formula is C11H15NOS. The number of nitrogens with zero attached hydrogens (tertiary/aromatic N) is 1. The maximum Gasteiger partial charge on any atom is 0.180 e. The average molecular weight is 209 g/mol.